The molecule has 1 aromatic carbocycles. The predicted octanol–water partition coefficient (Wildman–Crippen LogP) is 0.989. The highest BCUT2D eigenvalue weighted by molar-refractivity contribution is 6.25. The molecule has 0 aromatic heterocycles. The molecular weight excluding hydrogens is 548 g/mol. The number of carbonyl (C=O) groups excluding carboxylic acids is 4. The monoisotopic (exact) mass is 584 g/mol. The van der Waals surface area contributed by atoms with Gasteiger partial charge in [-0.1, -0.05) is 6.08 Å². The Bertz CT molecular complexity index is 1440. The summed E-state index contributed by atoms with van der Waals surface area (Å²) in [5.74, 6) is -7.21. The molecule has 0 bridgehead atoms. The molecule has 13 heteroatoms. The Morgan fingerprint density at radius 3 is 2.45 bits per heavy atom. The second kappa shape index (κ2) is 11.1. The average molecular weight is 585 g/mol. The van der Waals surface area contributed by atoms with Gasteiger partial charge in [0, 0.05) is 43.4 Å². The van der Waals surface area contributed by atoms with Gasteiger partial charge in [0.15, 0.2) is 11.4 Å². The summed E-state index contributed by atoms with van der Waals surface area (Å²) in [6.07, 6.45) is 1.44. The third-order valence-electron chi connectivity index (χ3n) is 8.24. The van der Waals surface area contributed by atoms with Crippen LogP contribution in [-0.2, 0) is 27.3 Å². The molecule has 0 saturated carbocycles. The summed E-state index contributed by atoms with van der Waals surface area (Å²) in [5, 5.41) is 47.9. The number of carbonyl (C=O) groups is 4. The number of nitrogens with two attached hydrogens (primary N) is 1. The first-order valence-corrected chi connectivity index (χ1v) is 13.4. The van der Waals surface area contributed by atoms with Crippen molar-refractivity contribution in [1.82, 2.24) is 10.2 Å². The molecule has 3 aliphatic carbocycles. The van der Waals surface area contributed by atoms with Crippen LogP contribution in [0.5, 0.6) is 5.75 Å². The van der Waals surface area contributed by atoms with Crippen LogP contribution in [0, 0.1) is 11.8 Å². The van der Waals surface area contributed by atoms with Crippen molar-refractivity contribution in [3.63, 3.8) is 0 Å². The number of amides is 2. The number of Topliss-reactive ketones (excluding diaryl/α,β-unsaturated/α-hetero) is 2. The van der Waals surface area contributed by atoms with Crippen LogP contribution in [0.1, 0.15) is 34.3 Å². The minimum absolute atomic E-state index is 0.0146. The first-order valence-electron chi connectivity index (χ1n) is 13.4. The number of aromatic hydroxyl groups is 1. The molecule has 0 unspecified atom stereocenters. The number of nitrogens with one attached hydrogen (secondary N) is 1. The number of aliphatic hydroxyl groups is 3. The van der Waals surface area contributed by atoms with E-state index in [1.807, 2.05) is 0 Å². The van der Waals surface area contributed by atoms with Crippen LogP contribution >= 0.6 is 0 Å². The fraction of sp³-hybridized carbons (Fsp3) is 0.448. The summed E-state index contributed by atoms with van der Waals surface area (Å²) >= 11 is 0. The molecule has 42 heavy (non-hydrogen) atoms. The predicted molar refractivity (Wildman–Crippen MR) is 151 cm³/mol. The number of phenols is 1. The minimum Gasteiger partial charge on any atom is -0.510 e. The number of ketones is 2. The molecule has 2 amide bonds. The third-order valence-corrected chi connectivity index (χ3v) is 8.24. The molecule has 1 aromatic rings. The van der Waals surface area contributed by atoms with Crippen molar-refractivity contribution < 1.29 is 44.3 Å². The smallest absolute Gasteiger partial charge is 0.407 e. The van der Waals surface area contributed by atoms with E-state index in [4.69, 9.17) is 10.5 Å². The van der Waals surface area contributed by atoms with Crippen LogP contribution in [0.3, 0.4) is 0 Å². The number of fused-ring (bicyclic) bond motifs is 3. The van der Waals surface area contributed by atoms with E-state index in [0.717, 1.165) is 0 Å². The zero-order chi connectivity index (χ0) is 31.3. The number of nitrogens with zero attached hydrogens (tertiary/aromatic N) is 2. The number of allylic oxidation sites excluding steroid dienone is 1. The van der Waals surface area contributed by atoms with E-state index in [0.29, 0.717) is 17.7 Å². The van der Waals surface area contributed by atoms with Gasteiger partial charge < -0.3 is 41.1 Å². The third kappa shape index (κ3) is 4.68. The molecule has 0 fully saturated rings. The van der Waals surface area contributed by atoms with Gasteiger partial charge in [0.2, 0.25) is 5.78 Å². The molecule has 4 atom stereocenters. The molecule has 0 aliphatic heterocycles. The van der Waals surface area contributed by atoms with Crippen molar-refractivity contribution in [2.75, 3.05) is 39.7 Å². The molecule has 7 N–H and O–H groups in total. The van der Waals surface area contributed by atoms with Crippen LogP contribution < -0.4 is 16.0 Å². The quantitative estimate of drug-likeness (QED) is 0.144. The second-order valence-corrected chi connectivity index (χ2v) is 11.2. The number of likely N-dealkylation sites (N-methyl/N-ethyl adjacent to an activating group) is 1. The van der Waals surface area contributed by atoms with E-state index < -0.39 is 69.9 Å². The number of aliphatic hydroxyl groups excluding tert-OH is 2. The first-order chi connectivity index (χ1) is 19.7. The van der Waals surface area contributed by atoms with Crippen molar-refractivity contribution in [2.24, 2.45) is 17.6 Å². The Balaban J connectivity index is 1.83. The zero-order valence-corrected chi connectivity index (χ0v) is 23.9. The molecule has 226 valence electrons. The minimum atomic E-state index is -2.72. The summed E-state index contributed by atoms with van der Waals surface area (Å²) in [5.41, 5.74) is 2.64. The van der Waals surface area contributed by atoms with Crippen LogP contribution in [0.2, 0.25) is 0 Å². The van der Waals surface area contributed by atoms with E-state index in [1.54, 1.807) is 45.2 Å². The van der Waals surface area contributed by atoms with E-state index in [1.165, 1.54) is 4.90 Å². The summed E-state index contributed by atoms with van der Waals surface area (Å²) in [6, 6.07) is 0.566. The van der Waals surface area contributed by atoms with Gasteiger partial charge >= 0.3 is 6.09 Å². The number of anilines is 1. The summed E-state index contributed by atoms with van der Waals surface area (Å²) in [6.45, 7) is 3.48. The van der Waals surface area contributed by atoms with Crippen LogP contribution in [0.25, 0.3) is 0 Å². The van der Waals surface area contributed by atoms with Gasteiger partial charge in [0.1, 0.15) is 22.8 Å². The molecule has 4 rings (SSSR count). The second-order valence-electron chi connectivity index (χ2n) is 11.2. The number of hydrogen-bond donors (Lipinski definition) is 6. The highest BCUT2D eigenvalue weighted by Crippen LogP contribution is 2.53. The van der Waals surface area contributed by atoms with Crippen LogP contribution in [0.15, 0.2) is 41.4 Å². The average Bonchev–Trinajstić information content (AvgIpc) is 2.89. The van der Waals surface area contributed by atoms with Crippen LogP contribution in [-0.4, -0.2) is 95.3 Å². The lowest BCUT2D eigenvalue weighted by Gasteiger charge is -2.50. The molecule has 0 spiro atoms. The number of ether oxygens (including phenoxy) is 1. The fourth-order valence-corrected chi connectivity index (χ4v) is 6.34. The van der Waals surface area contributed by atoms with Crippen LogP contribution in [0.4, 0.5) is 10.5 Å². The largest absolute Gasteiger partial charge is 0.510 e. The molecule has 0 heterocycles. The Morgan fingerprint density at radius 1 is 1.21 bits per heavy atom. The van der Waals surface area contributed by atoms with E-state index >= 15 is 0 Å². The maximum Gasteiger partial charge on any atom is 0.407 e. The molecule has 0 radical (unpaired) electrons. The normalized spacial score (nSPS) is 25.0. The van der Waals surface area contributed by atoms with Crippen molar-refractivity contribution >= 4 is 29.3 Å². The zero-order valence-electron chi connectivity index (χ0n) is 23.9. The van der Waals surface area contributed by atoms with Gasteiger partial charge in [-0.25, -0.2) is 4.79 Å². The van der Waals surface area contributed by atoms with E-state index in [9.17, 15) is 39.6 Å². The summed E-state index contributed by atoms with van der Waals surface area (Å²) in [7, 11) is 6.63. The van der Waals surface area contributed by atoms with E-state index in [2.05, 4.69) is 11.9 Å². The lowest BCUT2D eigenvalue weighted by molar-refractivity contribution is -0.148. The van der Waals surface area contributed by atoms with E-state index in [-0.39, 0.29) is 42.7 Å². The van der Waals surface area contributed by atoms with Gasteiger partial charge in [-0.2, -0.15) is 0 Å². The number of benzene rings is 1. The fourth-order valence-electron chi connectivity index (χ4n) is 6.34. The standard InChI is InChI=1S/C29H36N4O9/c1-6-7-8-42-28(40)31-12-14-11-17(32(2)3)15-9-13-10-16-21(33(4)5)24(36)20(27(30)39)26(38)29(16,41)25(37)18(13)23(35)19(15)22(14)34/h6,11,13,16,21,34,36-37,41H,1,7-10,12H2,2-5H3,(H2,30,39)(H,31,40)/t13-,16-,21-,29-/m0/s1. The van der Waals surface area contributed by atoms with Crippen molar-refractivity contribution in [2.45, 2.75) is 37.5 Å². The lowest BCUT2D eigenvalue weighted by atomic mass is 9.58. The van der Waals surface area contributed by atoms with Gasteiger partial charge in [-0.3, -0.25) is 19.3 Å². The van der Waals surface area contributed by atoms with Crippen molar-refractivity contribution in [1.29, 1.82) is 0 Å². The topological polar surface area (TPSA) is 203 Å². The number of hydrogen-bond acceptors (Lipinski definition) is 11. The highest BCUT2D eigenvalue weighted by atomic mass is 16.5. The molecule has 0 saturated heterocycles. The van der Waals surface area contributed by atoms with Gasteiger partial charge in [0.05, 0.1) is 18.2 Å². The molecular formula is C29H36N4O9. The van der Waals surface area contributed by atoms with Gasteiger partial charge in [-0.05, 0) is 50.9 Å². The Morgan fingerprint density at radius 2 is 1.88 bits per heavy atom. The van der Waals surface area contributed by atoms with Gasteiger partial charge in [-0.15, -0.1) is 6.58 Å². The first kappa shape index (κ1) is 30.6. The number of rotatable bonds is 8. The molecule has 13 nitrogen and oxygen atoms in total. The number of alkyl carbamates (subject to hydrolysis) is 1. The Hall–Kier alpha value is -4.36. The summed E-state index contributed by atoms with van der Waals surface area (Å²) < 4.78 is 5.03. The number of primary amides is 1. The highest BCUT2D eigenvalue weighted by Gasteiger charge is 2.63. The number of phenolic OH excluding ortho intramolecular Hbond substituents is 1. The summed E-state index contributed by atoms with van der Waals surface area (Å²) in [4.78, 5) is 55.0. The van der Waals surface area contributed by atoms with Crippen molar-refractivity contribution in [3.05, 3.63) is 58.1 Å². The maximum absolute atomic E-state index is 14.0. The van der Waals surface area contributed by atoms with Crippen molar-refractivity contribution in [3.8, 4) is 5.75 Å². The Labute approximate surface area is 242 Å². The maximum atomic E-state index is 14.0. The lowest BCUT2D eigenvalue weighted by Crippen LogP contribution is -2.63. The molecule has 3 aliphatic rings. The van der Waals surface area contributed by atoms with Gasteiger partial charge in [0.25, 0.3) is 5.91 Å². The SMILES string of the molecule is C=CCCOC(=O)NCc1cc(N(C)C)c2c(c1O)C(=O)C1=C(O)[C@]3(O)C(=O)C(C(N)=O)=C(O)[C@@H](N(C)C)[C@@H]3C[C@@H]1C2. The Kier molecular flexibility index (Phi) is 8.11.